The number of nitrogens with one attached hydrogen (secondary N) is 2. The van der Waals surface area contributed by atoms with Crippen LogP contribution < -0.4 is 15.4 Å². The molecule has 0 unspecified atom stereocenters. The molecule has 3 amide bonds. The molecule has 1 aromatic carbocycles. The predicted molar refractivity (Wildman–Crippen MR) is 122 cm³/mol. The van der Waals surface area contributed by atoms with Crippen molar-refractivity contribution in [3.8, 4) is 5.75 Å². The molecule has 1 heterocycles. The summed E-state index contributed by atoms with van der Waals surface area (Å²) in [5.41, 5.74) is -0.157. The Morgan fingerprint density at radius 1 is 0.939 bits per heavy atom. The number of piperidine rings is 1. The minimum absolute atomic E-state index is 0.157. The lowest BCUT2D eigenvalue weighted by atomic mass is 9.53. The van der Waals surface area contributed by atoms with Gasteiger partial charge in [0.15, 0.2) is 6.61 Å². The number of rotatable bonds is 6. The molecule has 8 nitrogen and oxygen atoms in total. The lowest BCUT2D eigenvalue weighted by molar-refractivity contribution is -0.122. The summed E-state index contributed by atoms with van der Waals surface area (Å²) in [5.74, 6) is 1.97. The van der Waals surface area contributed by atoms with Crippen LogP contribution in [0.25, 0.3) is 0 Å². The quantitative estimate of drug-likeness (QED) is 0.658. The number of hydrogen-bond acceptors (Lipinski definition) is 5. The van der Waals surface area contributed by atoms with Crippen molar-refractivity contribution in [2.75, 3.05) is 19.7 Å². The number of carbonyl (C=O) groups excluding carboxylic acids is 2. The molecule has 2 N–H and O–H groups in total. The molecule has 4 aliphatic carbocycles. The van der Waals surface area contributed by atoms with Crippen LogP contribution in [0, 0.1) is 17.8 Å². The van der Waals surface area contributed by atoms with Crippen molar-refractivity contribution < 1.29 is 22.7 Å². The summed E-state index contributed by atoms with van der Waals surface area (Å²) in [6.07, 6.45) is 9.73. The second-order valence-electron chi connectivity index (χ2n) is 10.4. The molecule has 4 saturated carbocycles. The molecule has 0 radical (unpaired) electrons. The van der Waals surface area contributed by atoms with E-state index in [-0.39, 0.29) is 17.0 Å². The number of nitrogens with zero attached hydrogens (tertiary/aromatic N) is 1. The monoisotopic (exact) mass is 475 g/mol. The summed E-state index contributed by atoms with van der Waals surface area (Å²) >= 11 is 0. The maximum absolute atomic E-state index is 12.7. The zero-order chi connectivity index (χ0) is 23.1. The fraction of sp³-hybridized carbons (Fsp3) is 0.667. The zero-order valence-electron chi connectivity index (χ0n) is 18.9. The van der Waals surface area contributed by atoms with E-state index in [1.54, 1.807) is 12.1 Å². The molecule has 0 aromatic heterocycles. The summed E-state index contributed by atoms with van der Waals surface area (Å²) < 4.78 is 32.4. The Morgan fingerprint density at radius 2 is 1.52 bits per heavy atom. The van der Waals surface area contributed by atoms with Crippen molar-refractivity contribution in [2.45, 2.75) is 68.2 Å². The molecule has 9 heteroatoms. The zero-order valence-corrected chi connectivity index (χ0v) is 19.7. The van der Waals surface area contributed by atoms with Gasteiger partial charge in [-0.15, -0.1) is 0 Å². The summed E-state index contributed by atoms with van der Waals surface area (Å²) in [6, 6.07) is 5.63. The highest BCUT2D eigenvalue weighted by molar-refractivity contribution is 7.89. The fourth-order valence-corrected chi connectivity index (χ4v) is 8.33. The lowest BCUT2D eigenvalue weighted by Gasteiger charge is -2.56. The number of carbonyl (C=O) groups is 2. The van der Waals surface area contributed by atoms with Crippen molar-refractivity contribution in [1.29, 1.82) is 0 Å². The van der Waals surface area contributed by atoms with E-state index in [1.807, 2.05) is 0 Å². The highest BCUT2D eigenvalue weighted by Crippen LogP contribution is 2.55. The van der Waals surface area contributed by atoms with Gasteiger partial charge in [0, 0.05) is 18.6 Å². The van der Waals surface area contributed by atoms with Gasteiger partial charge >= 0.3 is 6.03 Å². The van der Waals surface area contributed by atoms with Crippen LogP contribution in [-0.2, 0) is 14.8 Å². The number of sulfonamides is 1. The third-order valence-electron chi connectivity index (χ3n) is 7.82. The molecule has 6 rings (SSSR count). The van der Waals surface area contributed by atoms with Crippen molar-refractivity contribution in [2.24, 2.45) is 17.8 Å². The Morgan fingerprint density at radius 3 is 2.09 bits per heavy atom. The molecule has 1 aliphatic heterocycles. The first-order valence-electron chi connectivity index (χ1n) is 12.2. The van der Waals surface area contributed by atoms with E-state index in [2.05, 4.69) is 10.6 Å². The van der Waals surface area contributed by atoms with Crippen LogP contribution in [-0.4, -0.2) is 49.9 Å². The molecule has 33 heavy (non-hydrogen) atoms. The minimum Gasteiger partial charge on any atom is -0.484 e. The van der Waals surface area contributed by atoms with Gasteiger partial charge in [-0.2, -0.15) is 4.31 Å². The first-order chi connectivity index (χ1) is 15.8. The standard InChI is InChI=1S/C24H33N3O5S/c28-22(25-23(29)26-24-13-17-10-18(14-24)12-19(11-17)15-24)16-32-20-4-6-21(7-5-20)33(30,31)27-8-2-1-3-9-27/h4-7,17-19H,1-3,8-16H2,(H2,25,26,28,29). The van der Waals surface area contributed by atoms with Crippen LogP contribution in [0.15, 0.2) is 29.2 Å². The first kappa shape index (κ1) is 22.7. The van der Waals surface area contributed by atoms with E-state index in [0.717, 1.165) is 38.5 Å². The average molecular weight is 476 g/mol. The summed E-state index contributed by atoms with van der Waals surface area (Å²) in [5, 5.41) is 5.50. The van der Waals surface area contributed by atoms with Crippen molar-refractivity contribution in [1.82, 2.24) is 14.9 Å². The maximum Gasteiger partial charge on any atom is 0.321 e. The molecule has 0 spiro atoms. The van der Waals surface area contributed by atoms with Crippen LogP contribution in [0.5, 0.6) is 5.75 Å². The number of hydrogen-bond donors (Lipinski definition) is 2. The van der Waals surface area contributed by atoms with Crippen LogP contribution >= 0.6 is 0 Å². The summed E-state index contributed by atoms with van der Waals surface area (Å²) in [7, 11) is -3.50. The normalized spacial score (nSPS) is 31.2. The Balaban J connectivity index is 1.10. The van der Waals surface area contributed by atoms with Gasteiger partial charge in [-0.25, -0.2) is 13.2 Å². The summed E-state index contributed by atoms with van der Waals surface area (Å²) in [6.45, 7) is 0.782. The number of amides is 3. The number of urea groups is 1. The smallest absolute Gasteiger partial charge is 0.321 e. The van der Waals surface area contributed by atoms with Crippen molar-refractivity contribution in [3.05, 3.63) is 24.3 Å². The number of benzene rings is 1. The molecule has 1 saturated heterocycles. The lowest BCUT2D eigenvalue weighted by Crippen LogP contribution is -2.62. The molecule has 1 aromatic rings. The second kappa shape index (κ2) is 8.91. The Hall–Kier alpha value is -2.13. The third-order valence-corrected chi connectivity index (χ3v) is 9.73. The van der Waals surface area contributed by atoms with Gasteiger partial charge in [-0.3, -0.25) is 10.1 Å². The SMILES string of the molecule is O=C(COc1ccc(S(=O)(=O)N2CCCCC2)cc1)NC(=O)NC12CC3CC(CC(C3)C1)C2. The van der Waals surface area contributed by atoms with Gasteiger partial charge in [-0.1, -0.05) is 6.42 Å². The van der Waals surface area contributed by atoms with E-state index in [1.165, 1.54) is 35.7 Å². The van der Waals surface area contributed by atoms with Crippen LogP contribution in [0.3, 0.4) is 0 Å². The molecular formula is C24H33N3O5S. The van der Waals surface area contributed by atoms with Crippen LogP contribution in [0.2, 0.25) is 0 Å². The Bertz CT molecular complexity index is 966. The van der Waals surface area contributed by atoms with Gasteiger partial charge in [0.2, 0.25) is 10.0 Å². The average Bonchev–Trinajstić information content (AvgIpc) is 2.77. The highest BCUT2D eigenvalue weighted by atomic mass is 32.2. The summed E-state index contributed by atoms with van der Waals surface area (Å²) in [4.78, 5) is 24.9. The topological polar surface area (TPSA) is 105 Å². The molecule has 5 aliphatic rings. The molecule has 180 valence electrons. The largest absolute Gasteiger partial charge is 0.484 e. The molecule has 5 fully saturated rings. The van der Waals surface area contributed by atoms with Crippen molar-refractivity contribution in [3.63, 3.8) is 0 Å². The van der Waals surface area contributed by atoms with Crippen molar-refractivity contribution >= 4 is 22.0 Å². The second-order valence-corrected chi connectivity index (χ2v) is 12.4. The van der Waals surface area contributed by atoms with Gasteiger partial charge < -0.3 is 10.1 Å². The van der Waals surface area contributed by atoms with Gasteiger partial charge in [-0.05, 0) is 93.4 Å². The predicted octanol–water partition coefficient (Wildman–Crippen LogP) is 3.03. The van der Waals surface area contributed by atoms with Crippen LogP contribution in [0.1, 0.15) is 57.8 Å². The van der Waals surface area contributed by atoms with E-state index < -0.39 is 22.0 Å². The van der Waals surface area contributed by atoms with E-state index in [0.29, 0.717) is 36.6 Å². The van der Waals surface area contributed by atoms with Gasteiger partial charge in [0.25, 0.3) is 5.91 Å². The van der Waals surface area contributed by atoms with E-state index in [4.69, 9.17) is 4.74 Å². The number of ether oxygens (including phenoxy) is 1. The molecule has 4 bridgehead atoms. The third kappa shape index (κ3) is 4.89. The number of imide groups is 1. The van der Waals surface area contributed by atoms with Gasteiger partial charge in [0.1, 0.15) is 5.75 Å². The minimum atomic E-state index is -3.50. The molecular weight excluding hydrogens is 442 g/mol. The Kier molecular flexibility index (Phi) is 6.11. The maximum atomic E-state index is 12.7. The first-order valence-corrected chi connectivity index (χ1v) is 13.6. The molecule has 0 atom stereocenters. The van der Waals surface area contributed by atoms with Crippen LogP contribution in [0.4, 0.5) is 4.79 Å². The van der Waals surface area contributed by atoms with E-state index in [9.17, 15) is 18.0 Å². The highest BCUT2D eigenvalue weighted by Gasteiger charge is 2.51. The Labute approximate surface area is 195 Å². The fourth-order valence-electron chi connectivity index (χ4n) is 6.81. The van der Waals surface area contributed by atoms with E-state index >= 15 is 0 Å². The van der Waals surface area contributed by atoms with Gasteiger partial charge in [0.05, 0.1) is 4.90 Å².